The lowest BCUT2D eigenvalue weighted by molar-refractivity contribution is -0.119. The molecule has 0 spiro atoms. The van der Waals surface area contributed by atoms with Crippen molar-refractivity contribution >= 4 is 38.0 Å². The van der Waals surface area contributed by atoms with Gasteiger partial charge in [-0.05, 0) is 30.7 Å². The molecule has 2 aliphatic rings. The standard InChI is InChI=1S/C13H16N2O4S2/c16-11(8-4-6-21(18,19)7-8)15-13-10(3-5-20-13)12(17)14-9-1-2-9/h3,5,8-9H,1-2,4,6-7H2,(H,14,17)(H,15,16). The van der Waals surface area contributed by atoms with Crippen molar-refractivity contribution < 1.29 is 18.0 Å². The van der Waals surface area contributed by atoms with E-state index in [2.05, 4.69) is 10.6 Å². The molecular weight excluding hydrogens is 312 g/mol. The molecule has 1 aliphatic heterocycles. The van der Waals surface area contributed by atoms with Crippen LogP contribution in [0, 0.1) is 5.92 Å². The number of carbonyl (C=O) groups is 2. The van der Waals surface area contributed by atoms with Crippen LogP contribution in [0.25, 0.3) is 0 Å². The van der Waals surface area contributed by atoms with Crippen LogP contribution in [0.15, 0.2) is 11.4 Å². The molecule has 0 radical (unpaired) electrons. The largest absolute Gasteiger partial charge is 0.349 e. The van der Waals surface area contributed by atoms with E-state index in [-0.39, 0.29) is 29.4 Å². The van der Waals surface area contributed by atoms with Gasteiger partial charge < -0.3 is 10.6 Å². The summed E-state index contributed by atoms with van der Waals surface area (Å²) in [6, 6.07) is 1.92. The summed E-state index contributed by atoms with van der Waals surface area (Å²) in [7, 11) is -3.09. The van der Waals surface area contributed by atoms with Gasteiger partial charge in [-0.2, -0.15) is 0 Å². The third-order valence-electron chi connectivity index (χ3n) is 3.66. The van der Waals surface area contributed by atoms with Crippen molar-refractivity contribution in [3.05, 3.63) is 17.0 Å². The monoisotopic (exact) mass is 328 g/mol. The van der Waals surface area contributed by atoms with Crippen LogP contribution in [0.2, 0.25) is 0 Å². The molecule has 1 aromatic rings. The molecule has 1 aliphatic carbocycles. The van der Waals surface area contributed by atoms with Crippen LogP contribution in [0.4, 0.5) is 5.00 Å². The van der Waals surface area contributed by atoms with Crippen molar-refractivity contribution in [1.82, 2.24) is 5.32 Å². The molecule has 21 heavy (non-hydrogen) atoms. The fraction of sp³-hybridized carbons (Fsp3) is 0.538. The molecule has 1 unspecified atom stereocenters. The average molecular weight is 328 g/mol. The predicted octanol–water partition coefficient (Wildman–Crippen LogP) is 1.01. The molecule has 114 valence electrons. The normalized spacial score (nSPS) is 23.7. The lowest BCUT2D eigenvalue weighted by Gasteiger charge is -2.10. The van der Waals surface area contributed by atoms with Crippen molar-refractivity contribution in [3.8, 4) is 0 Å². The Morgan fingerprint density at radius 3 is 2.62 bits per heavy atom. The molecule has 1 saturated heterocycles. The fourth-order valence-electron chi connectivity index (χ4n) is 2.29. The van der Waals surface area contributed by atoms with Gasteiger partial charge in [-0.15, -0.1) is 11.3 Å². The fourth-order valence-corrected chi connectivity index (χ4v) is 4.82. The Hall–Kier alpha value is -1.41. The van der Waals surface area contributed by atoms with Gasteiger partial charge in [-0.3, -0.25) is 9.59 Å². The second kappa shape index (κ2) is 5.42. The van der Waals surface area contributed by atoms with E-state index >= 15 is 0 Å². The van der Waals surface area contributed by atoms with Gasteiger partial charge in [0.25, 0.3) is 5.91 Å². The van der Waals surface area contributed by atoms with Crippen molar-refractivity contribution in [1.29, 1.82) is 0 Å². The van der Waals surface area contributed by atoms with Crippen molar-refractivity contribution in [2.45, 2.75) is 25.3 Å². The summed E-state index contributed by atoms with van der Waals surface area (Å²) in [6.45, 7) is 0. The van der Waals surface area contributed by atoms with Gasteiger partial charge in [0.2, 0.25) is 5.91 Å². The van der Waals surface area contributed by atoms with Gasteiger partial charge in [0.05, 0.1) is 23.0 Å². The SMILES string of the molecule is O=C(NC1CC1)c1ccsc1NC(=O)C1CCS(=O)(=O)C1. The Morgan fingerprint density at radius 2 is 2.00 bits per heavy atom. The van der Waals surface area contributed by atoms with Crippen LogP contribution < -0.4 is 10.6 Å². The van der Waals surface area contributed by atoms with Gasteiger partial charge in [-0.1, -0.05) is 0 Å². The highest BCUT2D eigenvalue weighted by Crippen LogP contribution is 2.27. The maximum absolute atomic E-state index is 12.1. The molecule has 6 nitrogen and oxygen atoms in total. The minimum absolute atomic E-state index is 0.0601. The van der Waals surface area contributed by atoms with E-state index in [1.54, 1.807) is 11.4 Å². The quantitative estimate of drug-likeness (QED) is 0.863. The van der Waals surface area contributed by atoms with Crippen LogP contribution in [0.1, 0.15) is 29.6 Å². The van der Waals surface area contributed by atoms with E-state index in [1.165, 1.54) is 11.3 Å². The van der Waals surface area contributed by atoms with Crippen LogP contribution in [-0.4, -0.2) is 37.8 Å². The molecule has 2 amide bonds. The summed E-state index contributed by atoms with van der Waals surface area (Å²) in [5.74, 6) is -1.07. The molecule has 0 bridgehead atoms. The summed E-state index contributed by atoms with van der Waals surface area (Å²) < 4.78 is 22.8. The summed E-state index contributed by atoms with van der Waals surface area (Å²) in [5.41, 5.74) is 0.445. The minimum atomic E-state index is -3.09. The van der Waals surface area contributed by atoms with Crippen LogP contribution >= 0.6 is 11.3 Å². The highest BCUT2D eigenvalue weighted by atomic mass is 32.2. The molecule has 2 N–H and O–H groups in total. The smallest absolute Gasteiger partial charge is 0.254 e. The highest BCUT2D eigenvalue weighted by molar-refractivity contribution is 7.91. The third-order valence-corrected chi connectivity index (χ3v) is 6.26. The van der Waals surface area contributed by atoms with Gasteiger partial charge in [-0.25, -0.2) is 8.42 Å². The van der Waals surface area contributed by atoms with Gasteiger partial charge in [0.1, 0.15) is 5.00 Å². The van der Waals surface area contributed by atoms with Crippen LogP contribution in [0.3, 0.4) is 0 Å². The zero-order valence-corrected chi connectivity index (χ0v) is 12.9. The topological polar surface area (TPSA) is 92.3 Å². The van der Waals surface area contributed by atoms with Gasteiger partial charge in [0.15, 0.2) is 9.84 Å². The number of amides is 2. The van der Waals surface area contributed by atoms with Crippen molar-refractivity contribution in [2.24, 2.45) is 5.92 Å². The first-order valence-corrected chi connectivity index (χ1v) is 9.54. The van der Waals surface area contributed by atoms with E-state index in [0.29, 0.717) is 17.0 Å². The molecular formula is C13H16N2O4S2. The number of rotatable bonds is 4. The van der Waals surface area contributed by atoms with E-state index in [4.69, 9.17) is 0 Å². The third kappa shape index (κ3) is 3.44. The number of sulfone groups is 1. The molecule has 2 heterocycles. The number of hydrogen-bond donors (Lipinski definition) is 2. The lowest BCUT2D eigenvalue weighted by Crippen LogP contribution is -2.28. The highest BCUT2D eigenvalue weighted by Gasteiger charge is 2.33. The summed E-state index contributed by atoms with van der Waals surface area (Å²) in [6.07, 6.45) is 2.35. The summed E-state index contributed by atoms with van der Waals surface area (Å²) >= 11 is 1.27. The Morgan fingerprint density at radius 1 is 1.24 bits per heavy atom. The summed E-state index contributed by atoms with van der Waals surface area (Å²) in [5, 5.41) is 7.80. The number of carbonyl (C=O) groups excluding carboxylic acids is 2. The van der Waals surface area contributed by atoms with E-state index < -0.39 is 15.8 Å². The zero-order chi connectivity index (χ0) is 15.0. The molecule has 0 aromatic carbocycles. The lowest BCUT2D eigenvalue weighted by atomic mass is 10.1. The molecule has 1 saturated carbocycles. The maximum Gasteiger partial charge on any atom is 0.254 e. The molecule has 1 atom stereocenters. The molecule has 3 rings (SSSR count). The second-order valence-corrected chi connectivity index (χ2v) is 8.65. The van der Waals surface area contributed by atoms with Crippen LogP contribution in [-0.2, 0) is 14.6 Å². The predicted molar refractivity (Wildman–Crippen MR) is 80.2 cm³/mol. The Bertz CT molecular complexity index is 676. The Kier molecular flexibility index (Phi) is 3.75. The van der Waals surface area contributed by atoms with Gasteiger partial charge in [0, 0.05) is 6.04 Å². The van der Waals surface area contributed by atoms with E-state index in [0.717, 1.165) is 12.8 Å². The average Bonchev–Trinajstić information content (AvgIpc) is 2.96. The Labute approximate surface area is 126 Å². The minimum Gasteiger partial charge on any atom is -0.349 e. The second-order valence-electron chi connectivity index (χ2n) is 5.50. The van der Waals surface area contributed by atoms with E-state index in [9.17, 15) is 18.0 Å². The van der Waals surface area contributed by atoms with Crippen LogP contribution in [0.5, 0.6) is 0 Å². The first-order valence-electron chi connectivity index (χ1n) is 6.84. The first kappa shape index (κ1) is 14.5. The molecule has 1 aromatic heterocycles. The molecule has 8 heteroatoms. The number of thiophene rings is 1. The van der Waals surface area contributed by atoms with Gasteiger partial charge >= 0.3 is 0 Å². The van der Waals surface area contributed by atoms with Crippen molar-refractivity contribution in [3.63, 3.8) is 0 Å². The maximum atomic E-state index is 12.1. The van der Waals surface area contributed by atoms with E-state index in [1.807, 2.05) is 0 Å². The number of hydrogen-bond acceptors (Lipinski definition) is 5. The molecule has 2 fully saturated rings. The Balaban J connectivity index is 1.66. The summed E-state index contributed by atoms with van der Waals surface area (Å²) in [4.78, 5) is 24.1. The number of nitrogens with one attached hydrogen (secondary N) is 2. The van der Waals surface area contributed by atoms with Crippen molar-refractivity contribution in [2.75, 3.05) is 16.8 Å². The number of anilines is 1. The first-order chi connectivity index (χ1) is 9.94. The zero-order valence-electron chi connectivity index (χ0n) is 11.3.